The minimum atomic E-state index is 0.278. The van der Waals surface area contributed by atoms with E-state index >= 15 is 0 Å². The summed E-state index contributed by atoms with van der Waals surface area (Å²) in [5, 5.41) is 5.50. The fraction of sp³-hybridized carbons (Fsp3) is 0.615. The molecule has 1 saturated heterocycles. The van der Waals surface area contributed by atoms with Gasteiger partial charge in [0.25, 0.3) is 0 Å². The highest BCUT2D eigenvalue weighted by Gasteiger charge is 2.23. The zero-order valence-corrected chi connectivity index (χ0v) is 12.2. The third kappa shape index (κ3) is 2.48. The van der Waals surface area contributed by atoms with E-state index in [-0.39, 0.29) is 6.10 Å². The van der Waals surface area contributed by atoms with Crippen LogP contribution in [0.4, 0.5) is 5.82 Å². The predicted molar refractivity (Wildman–Crippen MR) is 78.1 cm³/mol. The van der Waals surface area contributed by atoms with E-state index in [1.165, 1.54) is 5.69 Å². The number of fused-ring (bicyclic) bond motifs is 1. The Bertz CT molecular complexity index is 550. The van der Waals surface area contributed by atoms with Gasteiger partial charge in [-0.05, 0) is 13.5 Å². The third-order valence-electron chi connectivity index (χ3n) is 3.42. The minimum Gasteiger partial charge on any atom is -0.375 e. The Morgan fingerprint density at radius 2 is 2.47 bits per heavy atom. The Balaban J connectivity index is 1.94. The van der Waals surface area contributed by atoms with Crippen LogP contribution < -0.4 is 10.2 Å². The predicted octanol–water partition coefficient (Wildman–Crippen LogP) is 1.73. The second-order valence-electron chi connectivity index (χ2n) is 4.85. The van der Waals surface area contributed by atoms with Crippen LogP contribution in [-0.4, -0.2) is 41.7 Å². The molecule has 0 spiro atoms. The van der Waals surface area contributed by atoms with Crippen LogP contribution >= 0.6 is 11.3 Å². The first-order valence-electron chi connectivity index (χ1n) is 6.81. The largest absolute Gasteiger partial charge is 0.375 e. The van der Waals surface area contributed by atoms with Gasteiger partial charge in [0.05, 0.1) is 18.4 Å². The van der Waals surface area contributed by atoms with Gasteiger partial charge in [-0.25, -0.2) is 4.98 Å². The molecule has 2 aromatic heterocycles. The molecule has 2 aromatic rings. The van der Waals surface area contributed by atoms with Crippen LogP contribution in [0.15, 0.2) is 11.6 Å². The van der Waals surface area contributed by atoms with E-state index in [2.05, 4.69) is 40.0 Å². The van der Waals surface area contributed by atoms with Gasteiger partial charge < -0.3 is 15.0 Å². The molecule has 3 heterocycles. The topological polar surface area (TPSA) is 41.8 Å². The molecule has 0 bridgehead atoms. The van der Waals surface area contributed by atoms with E-state index < -0.39 is 0 Å². The highest BCUT2D eigenvalue weighted by Crippen LogP contribution is 2.26. The SMILES string of the molecule is CCNCc1c(N2CCOC(C)C2)nc2sccn12. The van der Waals surface area contributed by atoms with Gasteiger partial charge in [0, 0.05) is 31.2 Å². The lowest BCUT2D eigenvalue weighted by Crippen LogP contribution is -2.42. The number of morpholine rings is 1. The van der Waals surface area contributed by atoms with Crippen molar-refractivity contribution in [3.05, 3.63) is 17.3 Å². The van der Waals surface area contributed by atoms with Crippen molar-refractivity contribution in [3.63, 3.8) is 0 Å². The average Bonchev–Trinajstić information content (AvgIpc) is 2.97. The summed E-state index contributed by atoms with van der Waals surface area (Å²) >= 11 is 1.69. The normalized spacial score (nSPS) is 20.3. The summed E-state index contributed by atoms with van der Waals surface area (Å²) in [5.74, 6) is 1.11. The zero-order chi connectivity index (χ0) is 13.2. The Hall–Kier alpha value is -1.11. The van der Waals surface area contributed by atoms with Crippen LogP contribution in [0.2, 0.25) is 0 Å². The van der Waals surface area contributed by atoms with Gasteiger partial charge in [-0.15, -0.1) is 11.3 Å². The summed E-state index contributed by atoms with van der Waals surface area (Å²) in [7, 11) is 0. The van der Waals surface area contributed by atoms with Gasteiger partial charge >= 0.3 is 0 Å². The van der Waals surface area contributed by atoms with E-state index in [4.69, 9.17) is 9.72 Å². The number of hydrogen-bond donors (Lipinski definition) is 1. The van der Waals surface area contributed by atoms with Gasteiger partial charge in [-0.1, -0.05) is 6.92 Å². The van der Waals surface area contributed by atoms with Gasteiger partial charge in [-0.2, -0.15) is 0 Å². The Morgan fingerprint density at radius 3 is 3.26 bits per heavy atom. The van der Waals surface area contributed by atoms with Crippen molar-refractivity contribution < 1.29 is 4.74 Å². The number of aromatic nitrogens is 2. The lowest BCUT2D eigenvalue weighted by Gasteiger charge is -2.32. The molecule has 3 rings (SSSR count). The van der Waals surface area contributed by atoms with Crippen LogP contribution in [0.25, 0.3) is 4.96 Å². The molecular weight excluding hydrogens is 260 g/mol. The molecule has 6 heteroatoms. The summed E-state index contributed by atoms with van der Waals surface area (Å²) in [6, 6.07) is 0. The molecule has 0 saturated carbocycles. The van der Waals surface area contributed by atoms with Crippen LogP contribution in [-0.2, 0) is 11.3 Å². The molecule has 0 radical (unpaired) electrons. The van der Waals surface area contributed by atoms with Gasteiger partial charge in [0.2, 0.25) is 0 Å². The fourth-order valence-corrected chi connectivity index (χ4v) is 3.22. The van der Waals surface area contributed by atoms with Crippen molar-refractivity contribution in [1.82, 2.24) is 14.7 Å². The van der Waals surface area contributed by atoms with Crippen LogP contribution in [0.5, 0.6) is 0 Å². The molecular formula is C13H20N4OS. The van der Waals surface area contributed by atoms with E-state index in [9.17, 15) is 0 Å². The first-order chi connectivity index (χ1) is 9.29. The summed E-state index contributed by atoms with van der Waals surface area (Å²) in [6.07, 6.45) is 2.38. The van der Waals surface area contributed by atoms with E-state index in [0.717, 1.165) is 43.6 Å². The fourth-order valence-electron chi connectivity index (χ4n) is 2.49. The third-order valence-corrected chi connectivity index (χ3v) is 4.18. The number of nitrogens with zero attached hydrogens (tertiary/aromatic N) is 3. The van der Waals surface area contributed by atoms with Crippen LogP contribution in [0.3, 0.4) is 0 Å². The lowest BCUT2D eigenvalue weighted by atomic mass is 10.3. The smallest absolute Gasteiger partial charge is 0.195 e. The van der Waals surface area contributed by atoms with Crippen molar-refractivity contribution >= 4 is 22.1 Å². The number of ether oxygens (including phenoxy) is 1. The van der Waals surface area contributed by atoms with Crippen molar-refractivity contribution in [2.75, 3.05) is 31.1 Å². The monoisotopic (exact) mass is 280 g/mol. The van der Waals surface area contributed by atoms with Gasteiger partial charge in [0.1, 0.15) is 0 Å². The second kappa shape index (κ2) is 5.48. The Labute approximate surface area is 117 Å². The molecule has 0 aromatic carbocycles. The molecule has 19 heavy (non-hydrogen) atoms. The van der Waals surface area contributed by atoms with Crippen molar-refractivity contribution in [2.24, 2.45) is 0 Å². The quantitative estimate of drug-likeness (QED) is 0.926. The lowest BCUT2D eigenvalue weighted by molar-refractivity contribution is 0.0529. The molecule has 1 aliphatic rings. The minimum absolute atomic E-state index is 0.278. The molecule has 1 unspecified atom stereocenters. The second-order valence-corrected chi connectivity index (χ2v) is 5.72. The summed E-state index contributed by atoms with van der Waals surface area (Å²) < 4.78 is 7.81. The maximum atomic E-state index is 5.62. The van der Waals surface area contributed by atoms with Gasteiger partial charge in [-0.3, -0.25) is 4.40 Å². The highest BCUT2D eigenvalue weighted by atomic mass is 32.1. The maximum Gasteiger partial charge on any atom is 0.195 e. The zero-order valence-electron chi connectivity index (χ0n) is 11.4. The summed E-state index contributed by atoms with van der Waals surface area (Å²) in [6.45, 7) is 8.70. The van der Waals surface area contributed by atoms with E-state index in [0.29, 0.717) is 0 Å². The number of imidazole rings is 1. The molecule has 1 fully saturated rings. The number of hydrogen-bond acceptors (Lipinski definition) is 5. The number of nitrogens with one attached hydrogen (secondary N) is 1. The summed E-state index contributed by atoms with van der Waals surface area (Å²) in [5.41, 5.74) is 1.26. The van der Waals surface area contributed by atoms with E-state index in [1.54, 1.807) is 11.3 Å². The molecule has 5 nitrogen and oxygen atoms in total. The first kappa shape index (κ1) is 12.9. The first-order valence-corrected chi connectivity index (χ1v) is 7.69. The molecule has 1 N–H and O–H groups in total. The Morgan fingerprint density at radius 1 is 1.58 bits per heavy atom. The maximum absolute atomic E-state index is 5.62. The molecule has 1 atom stereocenters. The molecule has 104 valence electrons. The van der Waals surface area contributed by atoms with Crippen LogP contribution in [0.1, 0.15) is 19.5 Å². The van der Waals surface area contributed by atoms with Crippen molar-refractivity contribution in [3.8, 4) is 0 Å². The number of anilines is 1. The molecule has 0 amide bonds. The standard InChI is InChI=1S/C13H20N4OS/c1-3-14-8-11-12(15-13-17(11)5-7-19-13)16-4-6-18-10(2)9-16/h5,7,10,14H,3-4,6,8-9H2,1-2H3. The highest BCUT2D eigenvalue weighted by molar-refractivity contribution is 7.15. The van der Waals surface area contributed by atoms with E-state index in [1.807, 2.05) is 0 Å². The molecule has 1 aliphatic heterocycles. The van der Waals surface area contributed by atoms with Crippen molar-refractivity contribution in [2.45, 2.75) is 26.5 Å². The number of rotatable bonds is 4. The van der Waals surface area contributed by atoms with Crippen molar-refractivity contribution in [1.29, 1.82) is 0 Å². The number of thiazole rings is 1. The molecule has 0 aliphatic carbocycles. The van der Waals surface area contributed by atoms with Gasteiger partial charge in [0.15, 0.2) is 10.8 Å². The average molecular weight is 280 g/mol. The Kier molecular flexibility index (Phi) is 3.72. The summed E-state index contributed by atoms with van der Waals surface area (Å²) in [4.78, 5) is 8.21. The van der Waals surface area contributed by atoms with Crippen LogP contribution in [0, 0.1) is 0 Å².